The van der Waals surface area contributed by atoms with Gasteiger partial charge >= 0.3 is 0 Å². The molecule has 4 rings (SSSR count). The number of rotatable bonds is 4. The third kappa shape index (κ3) is 3.42. The van der Waals surface area contributed by atoms with E-state index in [0.717, 1.165) is 5.65 Å². The van der Waals surface area contributed by atoms with Crippen LogP contribution in [0.3, 0.4) is 0 Å². The minimum Gasteiger partial charge on any atom is -0.468 e. The van der Waals surface area contributed by atoms with Crippen molar-refractivity contribution in [2.24, 2.45) is 0 Å². The highest BCUT2D eigenvalue weighted by Crippen LogP contribution is 2.54. The molecule has 1 saturated carbocycles. The lowest BCUT2D eigenvalue weighted by molar-refractivity contribution is -0.128. The number of nitrogens with zero attached hydrogens (tertiary/aromatic N) is 2. The predicted octanol–water partition coefficient (Wildman–Crippen LogP) is 3.78. The van der Waals surface area contributed by atoms with E-state index in [9.17, 15) is 4.79 Å². The molecule has 0 radical (unpaired) electrons. The first kappa shape index (κ1) is 15.3. The van der Waals surface area contributed by atoms with Gasteiger partial charge in [0.15, 0.2) is 0 Å². The van der Waals surface area contributed by atoms with E-state index in [1.807, 2.05) is 12.3 Å². The number of carbonyl (C=O) groups excluding carboxylic acids is 1. The number of ether oxygens (including phenoxy) is 1. The fourth-order valence-corrected chi connectivity index (χ4v) is 2.89. The van der Waals surface area contributed by atoms with Crippen molar-refractivity contribution in [3.05, 3.63) is 72.2 Å². The van der Waals surface area contributed by atoms with E-state index >= 15 is 0 Å². The lowest BCUT2D eigenvalue weighted by atomic mass is 10.1. The zero-order valence-electron chi connectivity index (χ0n) is 13.1. The summed E-state index contributed by atoms with van der Waals surface area (Å²) in [5.41, 5.74) is 3.85. The van der Waals surface area contributed by atoms with Crippen LogP contribution in [0.5, 0.6) is 0 Å². The minimum atomic E-state index is 0.431. The first-order chi connectivity index (χ1) is 11.3. The molecule has 0 amide bonds. The van der Waals surface area contributed by atoms with Crippen LogP contribution in [0.15, 0.2) is 60.9 Å². The summed E-state index contributed by atoms with van der Waals surface area (Å²) in [7, 11) is 0. The van der Waals surface area contributed by atoms with Crippen molar-refractivity contribution in [2.75, 3.05) is 6.61 Å². The maximum atomic E-state index is 9.18. The molecule has 0 bridgehead atoms. The van der Waals surface area contributed by atoms with Crippen molar-refractivity contribution < 1.29 is 9.53 Å². The lowest BCUT2D eigenvalue weighted by Gasteiger charge is -2.01. The summed E-state index contributed by atoms with van der Waals surface area (Å²) in [6, 6.07) is 16.9. The maximum absolute atomic E-state index is 9.18. The van der Waals surface area contributed by atoms with Gasteiger partial charge in [-0.05, 0) is 37.0 Å². The lowest BCUT2D eigenvalue weighted by Crippen LogP contribution is -1.91. The van der Waals surface area contributed by atoms with Crippen LogP contribution in [0.1, 0.15) is 36.4 Å². The van der Waals surface area contributed by atoms with E-state index in [0.29, 0.717) is 24.9 Å². The van der Waals surface area contributed by atoms with Crippen LogP contribution >= 0.6 is 0 Å². The number of benzene rings is 1. The van der Waals surface area contributed by atoms with Crippen LogP contribution in [0, 0.1) is 0 Å². The fourth-order valence-electron chi connectivity index (χ4n) is 2.89. The Bertz CT molecular complexity index is 767. The molecule has 23 heavy (non-hydrogen) atoms. The second-order valence-corrected chi connectivity index (χ2v) is 5.52. The summed E-state index contributed by atoms with van der Waals surface area (Å²) in [5, 5.41) is 0. The van der Waals surface area contributed by atoms with Crippen LogP contribution < -0.4 is 0 Å². The van der Waals surface area contributed by atoms with E-state index in [2.05, 4.69) is 62.8 Å². The fraction of sp³-hybridized carbons (Fsp3) is 0.263. The monoisotopic (exact) mass is 308 g/mol. The number of hydrogen-bond donors (Lipinski definition) is 0. The second kappa shape index (κ2) is 7.09. The summed E-state index contributed by atoms with van der Waals surface area (Å²) >= 11 is 0. The SMILES string of the molecule is CCOC=O.c1ccc([C@H]2CC2c2cnc3ccccn23)cc1. The molecule has 2 atom stereocenters. The Hall–Kier alpha value is -2.62. The van der Waals surface area contributed by atoms with Gasteiger partial charge in [-0.3, -0.25) is 4.79 Å². The smallest absolute Gasteiger partial charge is 0.293 e. The molecule has 0 aliphatic heterocycles. The Morgan fingerprint density at radius 2 is 1.96 bits per heavy atom. The summed E-state index contributed by atoms with van der Waals surface area (Å²) in [5.74, 6) is 1.30. The van der Waals surface area contributed by atoms with Crippen molar-refractivity contribution in [1.82, 2.24) is 9.38 Å². The minimum absolute atomic E-state index is 0.431. The van der Waals surface area contributed by atoms with Crippen molar-refractivity contribution in [3.63, 3.8) is 0 Å². The van der Waals surface area contributed by atoms with Crippen LogP contribution in [-0.2, 0) is 9.53 Å². The highest BCUT2D eigenvalue weighted by Gasteiger charge is 2.41. The number of imidazole rings is 1. The molecule has 4 nitrogen and oxygen atoms in total. The maximum Gasteiger partial charge on any atom is 0.293 e. The van der Waals surface area contributed by atoms with Gasteiger partial charge in [0.05, 0.1) is 6.61 Å². The predicted molar refractivity (Wildman–Crippen MR) is 89.4 cm³/mol. The standard InChI is InChI=1S/C16H14N2.C3H6O2/c1-2-6-12(7-3-1)13-10-14(13)15-11-17-16-8-4-5-9-18(15)16;1-2-5-3-4/h1-9,11,13-14H,10H2;3H,2H2,1H3/t13-,14?;/m1./s1. The Balaban J connectivity index is 0.000000276. The van der Waals surface area contributed by atoms with Crippen LogP contribution in [0.25, 0.3) is 5.65 Å². The zero-order valence-corrected chi connectivity index (χ0v) is 13.1. The van der Waals surface area contributed by atoms with Gasteiger partial charge in [0.1, 0.15) is 5.65 Å². The molecule has 1 aliphatic carbocycles. The van der Waals surface area contributed by atoms with E-state index < -0.39 is 0 Å². The van der Waals surface area contributed by atoms with Crippen molar-refractivity contribution in [3.8, 4) is 0 Å². The topological polar surface area (TPSA) is 43.6 Å². The molecule has 1 aromatic carbocycles. The average Bonchev–Trinajstić information content (AvgIpc) is 3.28. The van der Waals surface area contributed by atoms with Gasteiger partial charge in [-0.1, -0.05) is 36.4 Å². The Labute approximate surface area is 135 Å². The van der Waals surface area contributed by atoms with Gasteiger partial charge in [0.2, 0.25) is 0 Å². The van der Waals surface area contributed by atoms with Gasteiger partial charge in [0, 0.05) is 24.0 Å². The zero-order chi connectivity index (χ0) is 16.1. The molecule has 3 aromatic rings. The molecule has 1 unspecified atom stereocenters. The molecular formula is C19H20N2O2. The Morgan fingerprint density at radius 3 is 2.65 bits per heavy atom. The van der Waals surface area contributed by atoms with Crippen molar-refractivity contribution >= 4 is 12.1 Å². The third-order valence-electron chi connectivity index (χ3n) is 4.08. The van der Waals surface area contributed by atoms with Gasteiger partial charge in [-0.25, -0.2) is 4.98 Å². The summed E-state index contributed by atoms with van der Waals surface area (Å²) in [6.45, 7) is 2.66. The Morgan fingerprint density at radius 1 is 1.17 bits per heavy atom. The summed E-state index contributed by atoms with van der Waals surface area (Å²) in [6.07, 6.45) is 5.38. The van der Waals surface area contributed by atoms with E-state index in [4.69, 9.17) is 0 Å². The number of carbonyl (C=O) groups is 1. The average molecular weight is 308 g/mol. The van der Waals surface area contributed by atoms with Crippen LogP contribution in [-0.4, -0.2) is 22.5 Å². The third-order valence-corrected chi connectivity index (χ3v) is 4.08. The van der Waals surface area contributed by atoms with Crippen LogP contribution in [0.4, 0.5) is 0 Å². The quantitative estimate of drug-likeness (QED) is 0.689. The normalized spacial score (nSPS) is 18.8. The molecule has 118 valence electrons. The van der Waals surface area contributed by atoms with Crippen molar-refractivity contribution in [1.29, 1.82) is 0 Å². The molecule has 0 spiro atoms. The molecule has 2 heterocycles. The molecule has 1 aliphatic rings. The molecule has 0 N–H and O–H groups in total. The van der Waals surface area contributed by atoms with Gasteiger partial charge in [-0.15, -0.1) is 0 Å². The molecule has 0 saturated heterocycles. The number of aromatic nitrogens is 2. The first-order valence-electron chi connectivity index (χ1n) is 7.87. The second-order valence-electron chi connectivity index (χ2n) is 5.52. The van der Waals surface area contributed by atoms with Gasteiger partial charge in [-0.2, -0.15) is 0 Å². The molecule has 1 fully saturated rings. The highest BCUT2D eigenvalue weighted by atomic mass is 16.5. The van der Waals surface area contributed by atoms with E-state index in [1.54, 1.807) is 6.92 Å². The molecular weight excluding hydrogens is 288 g/mol. The van der Waals surface area contributed by atoms with Crippen LogP contribution in [0.2, 0.25) is 0 Å². The van der Waals surface area contributed by atoms with Gasteiger partial charge in [0.25, 0.3) is 6.47 Å². The molecule has 2 aromatic heterocycles. The highest BCUT2D eigenvalue weighted by molar-refractivity contribution is 5.43. The largest absolute Gasteiger partial charge is 0.468 e. The van der Waals surface area contributed by atoms with E-state index in [-0.39, 0.29) is 0 Å². The Kier molecular flexibility index (Phi) is 4.71. The van der Waals surface area contributed by atoms with Gasteiger partial charge < -0.3 is 9.14 Å². The van der Waals surface area contributed by atoms with Crippen molar-refractivity contribution in [2.45, 2.75) is 25.2 Å². The molecule has 4 heteroatoms. The first-order valence-corrected chi connectivity index (χ1v) is 7.87. The summed E-state index contributed by atoms with van der Waals surface area (Å²) in [4.78, 5) is 13.7. The van der Waals surface area contributed by atoms with E-state index in [1.165, 1.54) is 17.7 Å². The summed E-state index contributed by atoms with van der Waals surface area (Å²) < 4.78 is 6.37. The number of pyridine rings is 1. The number of hydrogen-bond acceptors (Lipinski definition) is 3. The number of fused-ring (bicyclic) bond motifs is 1.